The van der Waals surface area contributed by atoms with E-state index in [9.17, 15) is 9.59 Å². The lowest BCUT2D eigenvalue weighted by Crippen LogP contribution is -2.40. The summed E-state index contributed by atoms with van der Waals surface area (Å²) in [5.74, 6) is -0.749. The Morgan fingerprint density at radius 1 is 1.17 bits per heavy atom. The van der Waals surface area contributed by atoms with Crippen molar-refractivity contribution in [2.24, 2.45) is 0 Å². The Hall–Kier alpha value is -2.05. The van der Waals surface area contributed by atoms with Crippen molar-refractivity contribution in [3.63, 3.8) is 0 Å². The van der Waals surface area contributed by atoms with Gasteiger partial charge in [-0.05, 0) is 38.5 Å². The fourth-order valence-electron chi connectivity index (χ4n) is 3.28. The summed E-state index contributed by atoms with van der Waals surface area (Å²) < 4.78 is 10.8. The Kier molecular flexibility index (Phi) is 4.83. The molecule has 0 bridgehead atoms. The third kappa shape index (κ3) is 3.83. The zero-order valence-electron chi connectivity index (χ0n) is 13.1. The number of hydrogen-bond donors (Lipinski definition) is 1. The molecule has 1 aromatic rings. The van der Waals surface area contributed by atoms with Crippen LogP contribution in [0.2, 0.25) is 0 Å². The highest BCUT2D eigenvalue weighted by Gasteiger charge is 2.29. The molecule has 0 unspecified atom stereocenters. The Morgan fingerprint density at radius 2 is 1.87 bits per heavy atom. The molecule has 0 aromatic carbocycles. The molecule has 7 heteroatoms. The highest BCUT2D eigenvalue weighted by molar-refractivity contribution is 5.83. The van der Waals surface area contributed by atoms with Crippen molar-refractivity contribution in [3.8, 4) is 0 Å². The second kappa shape index (κ2) is 7.02. The molecule has 3 rings (SSSR count). The van der Waals surface area contributed by atoms with Gasteiger partial charge >= 0.3 is 12.1 Å². The molecule has 7 nitrogen and oxygen atoms in total. The summed E-state index contributed by atoms with van der Waals surface area (Å²) in [5.41, 5.74) is 0. The van der Waals surface area contributed by atoms with Gasteiger partial charge in [0, 0.05) is 19.0 Å². The maximum Gasteiger partial charge on any atom is 0.410 e. The second-order valence-corrected chi connectivity index (χ2v) is 6.27. The van der Waals surface area contributed by atoms with Crippen molar-refractivity contribution in [3.05, 3.63) is 17.8 Å². The molecular formula is C16H22N2O5. The van der Waals surface area contributed by atoms with Gasteiger partial charge in [-0.2, -0.15) is 0 Å². The van der Waals surface area contributed by atoms with Crippen LogP contribution < -0.4 is 0 Å². The molecule has 1 aliphatic heterocycles. The molecule has 126 valence electrons. The predicted octanol–water partition coefficient (Wildman–Crippen LogP) is 3.02. The third-order valence-electron chi connectivity index (χ3n) is 4.66. The number of carboxylic acids is 1. The van der Waals surface area contributed by atoms with Crippen LogP contribution in [0.4, 0.5) is 4.79 Å². The monoisotopic (exact) mass is 322 g/mol. The van der Waals surface area contributed by atoms with Crippen molar-refractivity contribution >= 4 is 12.1 Å². The maximum absolute atomic E-state index is 12.2. The molecule has 0 spiro atoms. The van der Waals surface area contributed by atoms with Crippen LogP contribution in [0.15, 0.2) is 10.6 Å². The minimum atomic E-state index is -1.11. The van der Waals surface area contributed by atoms with Gasteiger partial charge in [-0.1, -0.05) is 6.42 Å². The minimum absolute atomic E-state index is 0.0573. The molecule has 1 amide bonds. The van der Waals surface area contributed by atoms with Gasteiger partial charge < -0.3 is 19.2 Å². The molecule has 1 saturated carbocycles. The number of oxazole rings is 1. The van der Waals surface area contributed by atoms with Gasteiger partial charge in [0.25, 0.3) is 0 Å². The maximum atomic E-state index is 12.2. The van der Waals surface area contributed by atoms with Crippen molar-refractivity contribution in [2.45, 2.75) is 57.0 Å². The largest absolute Gasteiger partial charge is 0.475 e. The van der Waals surface area contributed by atoms with Crippen LogP contribution in [0.5, 0.6) is 0 Å². The standard InChI is InChI=1S/C16H22N2O5/c19-15(20)13-10-17-14(23-13)11-6-8-18(9-7-11)16(21)22-12-4-2-1-3-5-12/h10-12H,1-9H2,(H,19,20). The van der Waals surface area contributed by atoms with Gasteiger partial charge in [-0.25, -0.2) is 14.6 Å². The van der Waals surface area contributed by atoms with E-state index < -0.39 is 5.97 Å². The molecule has 2 aliphatic rings. The van der Waals surface area contributed by atoms with Gasteiger partial charge in [0.2, 0.25) is 5.76 Å². The van der Waals surface area contributed by atoms with Crippen LogP contribution in [-0.2, 0) is 4.74 Å². The van der Waals surface area contributed by atoms with E-state index in [2.05, 4.69) is 4.98 Å². The van der Waals surface area contributed by atoms with Gasteiger partial charge in [0.1, 0.15) is 6.10 Å². The first kappa shape index (κ1) is 15.8. The third-order valence-corrected chi connectivity index (χ3v) is 4.66. The number of hydrogen-bond acceptors (Lipinski definition) is 5. The average Bonchev–Trinajstić information content (AvgIpc) is 3.06. The first-order valence-corrected chi connectivity index (χ1v) is 8.28. The molecule has 23 heavy (non-hydrogen) atoms. The highest BCUT2D eigenvalue weighted by atomic mass is 16.6. The summed E-state index contributed by atoms with van der Waals surface area (Å²) in [5, 5.41) is 8.86. The SMILES string of the molecule is O=C(O)c1cnc(C2CCN(C(=O)OC3CCCCC3)CC2)o1. The first-order chi connectivity index (χ1) is 11.1. The fourth-order valence-corrected chi connectivity index (χ4v) is 3.28. The number of ether oxygens (including phenoxy) is 1. The second-order valence-electron chi connectivity index (χ2n) is 6.27. The topological polar surface area (TPSA) is 92.9 Å². The van der Waals surface area contributed by atoms with E-state index in [4.69, 9.17) is 14.3 Å². The molecule has 1 N–H and O–H groups in total. The van der Waals surface area contributed by atoms with E-state index in [1.54, 1.807) is 4.90 Å². The Balaban J connectivity index is 1.49. The van der Waals surface area contributed by atoms with Crippen molar-refractivity contribution in [1.29, 1.82) is 0 Å². The van der Waals surface area contributed by atoms with Crippen LogP contribution in [0.1, 0.15) is 67.3 Å². The molecule has 1 aromatic heterocycles. The van der Waals surface area contributed by atoms with Crippen LogP contribution in [0.3, 0.4) is 0 Å². The van der Waals surface area contributed by atoms with Crippen LogP contribution in [0.25, 0.3) is 0 Å². The van der Waals surface area contributed by atoms with Gasteiger partial charge in [-0.3, -0.25) is 0 Å². The van der Waals surface area contributed by atoms with E-state index in [1.165, 1.54) is 12.6 Å². The molecule has 1 aliphatic carbocycles. The molecule has 1 saturated heterocycles. The number of aromatic nitrogens is 1. The number of piperidine rings is 1. The molecular weight excluding hydrogens is 300 g/mol. The van der Waals surface area contributed by atoms with Crippen LogP contribution >= 0.6 is 0 Å². The normalized spacial score (nSPS) is 20.4. The summed E-state index contributed by atoms with van der Waals surface area (Å²) in [6, 6.07) is 0. The predicted molar refractivity (Wildman–Crippen MR) is 80.4 cm³/mol. The minimum Gasteiger partial charge on any atom is -0.475 e. The molecule has 2 heterocycles. The average molecular weight is 322 g/mol. The summed E-state index contributed by atoms with van der Waals surface area (Å²) >= 11 is 0. The van der Waals surface area contributed by atoms with E-state index in [0.29, 0.717) is 31.8 Å². The zero-order valence-corrected chi connectivity index (χ0v) is 13.1. The summed E-state index contributed by atoms with van der Waals surface area (Å²) in [6.07, 6.45) is 7.93. The van der Waals surface area contributed by atoms with Gasteiger partial charge in [0.05, 0.1) is 6.20 Å². The molecule has 0 atom stereocenters. The Labute approximate surface area is 134 Å². The number of carbonyl (C=O) groups excluding carboxylic acids is 1. The molecule has 2 fully saturated rings. The number of nitrogens with zero attached hydrogens (tertiary/aromatic N) is 2. The van der Waals surface area contributed by atoms with Crippen molar-refractivity contribution < 1.29 is 23.8 Å². The number of rotatable bonds is 3. The fraction of sp³-hybridized carbons (Fsp3) is 0.688. The number of amides is 1. The summed E-state index contributed by atoms with van der Waals surface area (Å²) in [7, 11) is 0. The lowest BCUT2D eigenvalue weighted by atomic mass is 9.97. The molecule has 0 radical (unpaired) electrons. The van der Waals surface area contributed by atoms with Crippen LogP contribution in [0, 0.1) is 0 Å². The lowest BCUT2D eigenvalue weighted by molar-refractivity contribution is 0.0397. The smallest absolute Gasteiger partial charge is 0.410 e. The number of carbonyl (C=O) groups is 2. The highest BCUT2D eigenvalue weighted by Crippen LogP contribution is 2.28. The van der Waals surface area contributed by atoms with Crippen molar-refractivity contribution in [1.82, 2.24) is 9.88 Å². The van der Waals surface area contributed by atoms with Crippen molar-refractivity contribution in [2.75, 3.05) is 13.1 Å². The van der Waals surface area contributed by atoms with Crippen LogP contribution in [-0.4, -0.2) is 46.2 Å². The van der Waals surface area contributed by atoms with E-state index in [0.717, 1.165) is 25.7 Å². The van der Waals surface area contributed by atoms with E-state index in [-0.39, 0.29) is 23.9 Å². The van der Waals surface area contributed by atoms with Gasteiger partial charge in [-0.15, -0.1) is 0 Å². The quantitative estimate of drug-likeness (QED) is 0.919. The van der Waals surface area contributed by atoms with E-state index >= 15 is 0 Å². The number of likely N-dealkylation sites (tertiary alicyclic amines) is 1. The Morgan fingerprint density at radius 3 is 2.48 bits per heavy atom. The Bertz CT molecular complexity index is 557. The van der Waals surface area contributed by atoms with E-state index in [1.807, 2.05) is 0 Å². The summed E-state index contributed by atoms with van der Waals surface area (Å²) in [4.78, 5) is 28.8. The number of carboxylic acid groups (broad SMARTS) is 1. The summed E-state index contributed by atoms with van der Waals surface area (Å²) in [6.45, 7) is 1.17. The number of aromatic carboxylic acids is 1. The van der Waals surface area contributed by atoms with Gasteiger partial charge in [0.15, 0.2) is 5.89 Å². The first-order valence-electron chi connectivity index (χ1n) is 8.28. The lowest BCUT2D eigenvalue weighted by Gasteiger charge is -2.32. The zero-order chi connectivity index (χ0) is 16.2.